The fraction of sp³-hybridized carbons (Fsp3) is 0.500. The van der Waals surface area contributed by atoms with Crippen LogP contribution in [0.15, 0.2) is 24.4 Å². The van der Waals surface area contributed by atoms with Crippen molar-refractivity contribution in [1.82, 2.24) is 4.90 Å². The van der Waals surface area contributed by atoms with Crippen molar-refractivity contribution in [2.24, 2.45) is 0 Å². The van der Waals surface area contributed by atoms with E-state index in [4.69, 9.17) is 10.2 Å². The summed E-state index contributed by atoms with van der Waals surface area (Å²) in [6.07, 6.45) is 2.00. The molecule has 0 aromatic carbocycles. The van der Waals surface area contributed by atoms with Gasteiger partial charge in [-0.1, -0.05) is 26.5 Å². The molecule has 0 aromatic heterocycles. The Kier molecular flexibility index (Phi) is 6.70. The lowest BCUT2D eigenvalue weighted by atomic mass is 10.2. The van der Waals surface area contributed by atoms with Crippen LogP contribution in [0.2, 0.25) is 0 Å². The Hall–Kier alpha value is -1.78. The highest BCUT2D eigenvalue weighted by molar-refractivity contribution is 5.86. The fourth-order valence-electron chi connectivity index (χ4n) is 1.24. The number of rotatable bonds is 9. The van der Waals surface area contributed by atoms with Crippen LogP contribution in [-0.4, -0.2) is 40.1 Å². The monoisotopic (exact) mass is 241 g/mol. The minimum absolute atomic E-state index is 0.00311. The Bertz CT molecular complexity index is 322. The first kappa shape index (κ1) is 15.2. The number of aliphatic carboxylic acids is 2. The van der Waals surface area contributed by atoms with E-state index < -0.39 is 11.9 Å². The maximum atomic E-state index is 10.8. The van der Waals surface area contributed by atoms with Crippen molar-refractivity contribution in [3.8, 4) is 0 Å². The number of nitrogens with zero attached hydrogens (tertiary/aromatic N) is 1. The lowest BCUT2D eigenvalue weighted by Crippen LogP contribution is -2.29. The fourth-order valence-corrected chi connectivity index (χ4v) is 1.24. The summed E-state index contributed by atoms with van der Waals surface area (Å²) in [5.41, 5.74) is 0.0707. The lowest BCUT2D eigenvalue weighted by Gasteiger charge is -2.24. The Morgan fingerprint density at radius 3 is 2.12 bits per heavy atom. The normalized spacial score (nSPS) is 9.71. The van der Waals surface area contributed by atoms with Crippen molar-refractivity contribution < 1.29 is 19.8 Å². The third kappa shape index (κ3) is 5.75. The van der Waals surface area contributed by atoms with Gasteiger partial charge in [0.05, 0.1) is 0 Å². The van der Waals surface area contributed by atoms with Gasteiger partial charge in [-0.05, 0) is 12.8 Å². The van der Waals surface area contributed by atoms with E-state index in [1.807, 2.05) is 6.92 Å². The number of hydrogen-bond acceptors (Lipinski definition) is 3. The quantitative estimate of drug-likeness (QED) is 0.601. The molecule has 0 aromatic rings. The van der Waals surface area contributed by atoms with Gasteiger partial charge in [0.25, 0.3) is 0 Å². The first-order chi connectivity index (χ1) is 7.90. The van der Waals surface area contributed by atoms with E-state index in [9.17, 15) is 9.59 Å². The van der Waals surface area contributed by atoms with Crippen molar-refractivity contribution >= 4 is 11.9 Å². The summed E-state index contributed by atoms with van der Waals surface area (Å²) in [6.45, 7) is 9.76. The van der Waals surface area contributed by atoms with Crippen LogP contribution in [0.4, 0.5) is 0 Å². The molecule has 0 radical (unpaired) electrons. The second-order valence-corrected chi connectivity index (χ2v) is 3.75. The van der Waals surface area contributed by atoms with Gasteiger partial charge < -0.3 is 15.1 Å². The van der Waals surface area contributed by atoms with Crippen molar-refractivity contribution in [1.29, 1.82) is 0 Å². The first-order valence-corrected chi connectivity index (χ1v) is 5.48. The van der Waals surface area contributed by atoms with Crippen molar-refractivity contribution in [2.75, 3.05) is 13.1 Å². The number of carboxylic acids is 2. The van der Waals surface area contributed by atoms with Crippen LogP contribution >= 0.6 is 0 Å². The number of hydrogen-bond donors (Lipinski definition) is 2. The van der Waals surface area contributed by atoms with Gasteiger partial charge in [0.15, 0.2) is 0 Å². The zero-order chi connectivity index (χ0) is 13.4. The van der Waals surface area contributed by atoms with Gasteiger partial charge in [-0.3, -0.25) is 0 Å². The minimum Gasteiger partial charge on any atom is -0.478 e. The maximum absolute atomic E-state index is 10.8. The Labute approximate surface area is 101 Å². The molecule has 0 atom stereocenters. The number of carboxylic acid groups (broad SMARTS) is 2. The second kappa shape index (κ2) is 7.49. The standard InChI is InChI=1S/C12H19NO4/c1-4-5-7-13(10(3)12(16)17)8-6-9(2)11(14)15/h2-8H2,1H3,(H,14,15)(H,16,17). The van der Waals surface area contributed by atoms with Gasteiger partial charge in [0.2, 0.25) is 0 Å². The summed E-state index contributed by atoms with van der Waals surface area (Å²) in [6, 6.07) is 0. The van der Waals surface area contributed by atoms with Crippen LogP contribution < -0.4 is 0 Å². The van der Waals surface area contributed by atoms with Crippen LogP contribution in [0.3, 0.4) is 0 Å². The van der Waals surface area contributed by atoms with E-state index in [-0.39, 0.29) is 17.7 Å². The molecule has 0 aliphatic carbocycles. The van der Waals surface area contributed by atoms with E-state index in [0.717, 1.165) is 12.8 Å². The molecule has 0 aliphatic rings. The Balaban J connectivity index is 4.38. The van der Waals surface area contributed by atoms with Crippen molar-refractivity contribution in [3.05, 3.63) is 24.4 Å². The highest BCUT2D eigenvalue weighted by Gasteiger charge is 2.15. The molecule has 0 saturated heterocycles. The van der Waals surface area contributed by atoms with Crippen LogP contribution in [0.5, 0.6) is 0 Å². The van der Waals surface area contributed by atoms with Crippen LogP contribution in [0, 0.1) is 0 Å². The van der Waals surface area contributed by atoms with E-state index in [0.29, 0.717) is 13.1 Å². The predicted molar refractivity (Wildman–Crippen MR) is 64.6 cm³/mol. The number of unbranched alkanes of at least 4 members (excludes halogenated alkanes) is 1. The molecule has 0 saturated carbocycles. The summed E-state index contributed by atoms with van der Waals surface area (Å²) in [4.78, 5) is 23.0. The molecule has 17 heavy (non-hydrogen) atoms. The maximum Gasteiger partial charge on any atom is 0.351 e. The van der Waals surface area contributed by atoms with Gasteiger partial charge in [0, 0.05) is 18.7 Å². The molecular formula is C12H19NO4. The molecule has 0 aliphatic heterocycles. The summed E-state index contributed by atoms with van der Waals surface area (Å²) in [5, 5.41) is 17.5. The molecule has 96 valence electrons. The van der Waals surface area contributed by atoms with E-state index in [2.05, 4.69) is 13.2 Å². The largest absolute Gasteiger partial charge is 0.478 e. The van der Waals surface area contributed by atoms with Gasteiger partial charge in [-0.2, -0.15) is 0 Å². The number of carbonyl (C=O) groups is 2. The average molecular weight is 241 g/mol. The molecule has 0 amide bonds. The van der Waals surface area contributed by atoms with E-state index in [1.54, 1.807) is 4.90 Å². The summed E-state index contributed by atoms with van der Waals surface area (Å²) in [5.74, 6) is -2.14. The predicted octanol–water partition coefficient (Wildman–Crippen LogP) is 1.72. The van der Waals surface area contributed by atoms with Crippen LogP contribution in [-0.2, 0) is 9.59 Å². The molecule has 0 rings (SSSR count). The molecule has 0 heterocycles. The van der Waals surface area contributed by atoms with E-state index in [1.165, 1.54) is 0 Å². The zero-order valence-corrected chi connectivity index (χ0v) is 10.1. The highest BCUT2D eigenvalue weighted by atomic mass is 16.4. The third-order valence-electron chi connectivity index (χ3n) is 2.40. The highest BCUT2D eigenvalue weighted by Crippen LogP contribution is 2.09. The van der Waals surface area contributed by atoms with Gasteiger partial charge in [-0.15, -0.1) is 0 Å². The van der Waals surface area contributed by atoms with Crippen molar-refractivity contribution in [2.45, 2.75) is 26.2 Å². The summed E-state index contributed by atoms with van der Waals surface area (Å²) < 4.78 is 0. The first-order valence-electron chi connectivity index (χ1n) is 5.48. The molecule has 5 heteroatoms. The minimum atomic E-state index is -1.08. The Morgan fingerprint density at radius 1 is 1.12 bits per heavy atom. The summed E-state index contributed by atoms with van der Waals surface area (Å²) in [7, 11) is 0. The second-order valence-electron chi connectivity index (χ2n) is 3.75. The molecule has 0 fully saturated rings. The van der Waals surface area contributed by atoms with Crippen LogP contribution in [0.1, 0.15) is 26.2 Å². The smallest absolute Gasteiger partial charge is 0.351 e. The van der Waals surface area contributed by atoms with E-state index >= 15 is 0 Å². The van der Waals surface area contributed by atoms with Crippen molar-refractivity contribution in [3.63, 3.8) is 0 Å². The molecule has 0 bridgehead atoms. The molecular weight excluding hydrogens is 222 g/mol. The third-order valence-corrected chi connectivity index (χ3v) is 2.40. The van der Waals surface area contributed by atoms with Gasteiger partial charge >= 0.3 is 11.9 Å². The molecule has 2 N–H and O–H groups in total. The molecule has 0 spiro atoms. The molecule has 0 unspecified atom stereocenters. The van der Waals surface area contributed by atoms with Crippen LogP contribution in [0.25, 0.3) is 0 Å². The SMILES string of the molecule is C=C(CCN(CCCC)C(=C)C(=O)O)C(=O)O. The lowest BCUT2D eigenvalue weighted by molar-refractivity contribution is -0.134. The zero-order valence-electron chi connectivity index (χ0n) is 10.1. The topological polar surface area (TPSA) is 77.8 Å². The molecule has 5 nitrogen and oxygen atoms in total. The Morgan fingerprint density at radius 2 is 1.71 bits per heavy atom. The van der Waals surface area contributed by atoms with Gasteiger partial charge in [0.1, 0.15) is 5.70 Å². The summed E-state index contributed by atoms with van der Waals surface area (Å²) >= 11 is 0. The van der Waals surface area contributed by atoms with Gasteiger partial charge in [-0.25, -0.2) is 9.59 Å². The average Bonchev–Trinajstić information content (AvgIpc) is 2.27.